The number of hydrogen-bond acceptors (Lipinski definition) is 3. The molecule has 0 saturated heterocycles. The van der Waals surface area contributed by atoms with Crippen molar-refractivity contribution in [2.75, 3.05) is 0 Å². The minimum Gasteiger partial charge on any atom is -0.488 e. The van der Waals surface area contributed by atoms with Gasteiger partial charge in [0.25, 0.3) is 0 Å². The van der Waals surface area contributed by atoms with Crippen molar-refractivity contribution in [3.05, 3.63) is 81.1 Å². The molecule has 0 fully saturated rings. The normalized spacial score (nSPS) is 11.1. The Hall–Kier alpha value is -2.17. The van der Waals surface area contributed by atoms with E-state index in [0.717, 1.165) is 44.7 Å². The van der Waals surface area contributed by atoms with E-state index in [4.69, 9.17) is 15.5 Å². The van der Waals surface area contributed by atoms with Gasteiger partial charge in [0.05, 0.1) is 4.47 Å². The zero-order valence-corrected chi connectivity index (χ0v) is 19.2. The molecule has 0 atom stereocenters. The Morgan fingerprint density at radius 2 is 1.69 bits per heavy atom. The van der Waals surface area contributed by atoms with Gasteiger partial charge >= 0.3 is 0 Å². The maximum atomic E-state index is 6.26. The third-order valence-corrected chi connectivity index (χ3v) is 5.70. The average molecular weight is 453 g/mol. The maximum absolute atomic E-state index is 6.26. The van der Waals surface area contributed by atoms with E-state index in [2.05, 4.69) is 67.9 Å². The van der Waals surface area contributed by atoms with E-state index >= 15 is 0 Å². The van der Waals surface area contributed by atoms with E-state index in [1.807, 2.05) is 24.3 Å². The zero-order valence-electron chi connectivity index (χ0n) is 17.6. The third kappa shape index (κ3) is 5.06. The topological polar surface area (TPSA) is 48.1 Å². The molecule has 3 nitrogen and oxygen atoms in total. The molecule has 1 aromatic heterocycles. The van der Waals surface area contributed by atoms with Crippen LogP contribution >= 0.6 is 15.9 Å². The highest BCUT2D eigenvalue weighted by Crippen LogP contribution is 2.34. The molecule has 0 saturated carbocycles. The second-order valence-electron chi connectivity index (χ2n) is 7.86. The van der Waals surface area contributed by atoms with E-state index in [-0.39, 0.29) is 0 Å². The third-order valence-electron chi connectivity index (χ3n) is 5.05. The summed E-state index contributed by atoms with van der Waals surface area (Å²) >= 11 is 3.57. The van der Waals surface area contributed by atoms with E-state index in [0.29, 0.717) is 19.1 Å². The monoisotopic (exact) mass is 452 g/mol. The molecule has 2 N–H and O–H groups in total. The van der Waals surface area contributed by atoms with Crippen LogP contribution in [0.5, 0.6) is 5.75 Å². The lowest BCUT2D eigenvalue weighted by atomic mass is 9.90. The lowest BCUT2D eigenvalue weighted by Gasteiger charge is -2.21. The van der Waals surface area contributed by atoms with Gasteiger partial charge in [0.1, 0.15) is 12.4 Å². The van der Waals surface area contributed by atoms with Gasteiger partial charge in [0, 0.05) is 23.5 Å². The summed E-state index contributed by atoms with van der Waals surface area (Å²) in [6.07, 6.45) is 0.914. The number of nitrogens with zero attached hydrogens (tertiary/aromatic N) is 1. The molecule has 1 heterocycles. The summed E-state index contributed by atoms with van der Waals surface area (Å²) in [7, 11) is 0. The van der Waals surface area contributed by atoms with Gasteiger partial charge in [-0.25, -0.2) is 0 Å². The molecule has 4 heteroatoms. The number of halogens is 1. The molecule has 0 unspecified atom stereocenters. The van der Waals surface area contributed by atoms with E-state index in [1.165, 1.54) is 11.1 Å². The van der Waals surface area contributed by atoms with Crippen LogP contribution in [0.4, 0.5) is 0 Å². The lowest BCUT2D eigenvalue weighted by molar-refractivity contribution is 0.303. The number of pyridine rings is 1. The number of hydrogen-bond donors (Lipinski definition) is 1. The molecule has 0 aliphatic carbocycles. The van der Waals surface area contributed by atoms with Crippen molar-refractivity contribution in [2.24, 2.45) is 11.7 Å². The van der Waals surface area contributed by atoms with Gasteiger partial charge in [-0.15, -0.1) is 0 Å². The molecular formula is C25H29BrN2O. The Bertz CT molecular complexity index is 981. The van der Waals surface area contributed by atoms with Gasteiger partial charge in [-0.1, -0.05) is 55.8 Å². The van der Waals surface area contributed by atoms with Gasteiger partial charge in [-0.05, 0) is 70.9 Å². The van der Waals surface area contributed by atoms with Crippen LogP contribution in [0.3, 0.4) is 0 Å². The predicted molar refractivity (Wildman–Crippen MR) is 124 cm³/mol. The van der Waals surface area contributed by atoms with E-state index in [1.54, 1.807) is 0 Å². The highest BCUT2D eigenvalue weighted by Gasteiger charge is 2.20. The van der Waals surface area contributed by atoms with Crippen molar-refractivity contribution in [3.63, 3.8) is 0 Å². The van der Waals surface area contributed by atoms with Crippen LogP contribution in [-0.2, 0) is 19.6 Å². The van der Waals surface area contributed by atoms with Gasteiger partial charge in [-0.2, -0.15) is 0 Å². The quantitative estimate of drug-likeness (QED) is 0.453. The first kappa shape index (κ1) is 21.5. The summed E-state index contributed by atoms with van der Waals surface area (Å²) in [5.74, 6) is 1.34. The largest absolute Gasteiger partial charge is 0.488 e. The smallest absolute Gasteiger partial charge is 0.133 e. The minimum atomic E-state index is 0.444. The molecule has 0 aliphatic heterocycles. The predicted octanol–water partition coefficient (Wildman–Crippen LogP) is 6.36. The molecule has 29 heavy (non-hydrogen) atoms. The highest BCUT2D eigenvalue weighted by atomic mass is 79.9. The van der Waals surface area contributed by atoms with E-state index in [9.17, 15) is 0 Å². The lowest BCUT2D eigenvalue weighted by Crippen LogP contribution is -2.14. The highest BCUT2D eigenvalue weighted by molar-refractivity contribution is 9.10. The fourth-order valence-electron chi connectivity index (χ4n) is 3.58. The zero-order chi connectivity index (χ0) is 21.0. The Morgan fingerprint density at radius 3 is 2.31 bits per heavy atom. The van der Waals surface area contributed by atoms with Gasteiger partial charge in [0.15, 0.2) is 0 Å². The van der Waals surface area contributed by atoms with Crippen LogP contribution in [-0.4, -0.2) is 4.98 Å². The Morgan fingerprint density at radius 1 is 1.00 bits per heavy atom. The van der Waals surface area contributed by atoms with Gasteiger partial charge in [0.2, 0.25) is 0 Å². The standard InChI is InChI=1S/C25H29BrN2O/c1-16(2)13-23-20(14-27)25(19-11-9-17(3)10-12-19)21(18(4)28-23)15-29-24-8-6-5-7-22(24)26/h5-12,16H,13-15,27H2,1-4H3. The van der Waals surface area contributed by atoms with Crippen molar-refractivity contribution in [1.82, 2.24) is 4.98 Å². The Balaban J connectivity index is 2.12. The summed E-state index contributed by atoms with van der Waals surface area (Å²) < 4.78 is 7.12. The van der Waals surface area contributed by atoms with Gasteiger partial charge in [-0.3, -0.25) is 4.98 Å². The molecule has 2 aromatic carbocycles. The Labute approximate surface area is 182 Å². The van der Waals surface area contributed by atoms with Crippen molar-refractivity contribution in [1.29, 1.82) is 0 Å². The summed E-state index contributed by atoms with van der Waals surface area (Å²) in [6, 6.07) is 16.5. The second-order valence-corrected chi connectivity index (χ2v) is 8.72. The number of nitrogens with two attached hydrogens (primary N) is 1. The SMILES string of the molecule is Cc1ccc(-c2c(COc3ccccc3Br)c(C)nc(CC(C)C)c2CN)cc1. The van der Waals surface area contributed by atoms with Crippen LogP contribution in [0, 0.1) is 19.8 Å². The number of ether oxygens (including phenoxy) is 1. The van der Waals surface area contributed by atoms with Crippen molar-refractivity contribution in [3.8, 4) is 16.9 Å². The van der Waals surface area contributed by atoms with Crippen LogP contribution in [0.15, 0.2) is 53.0 Å². The number of aromatic nitrogens is 1. The van der Waals surface area contributed by atoms with Crippen molar-refractivity contribution >= 4 is 15.9 Å². The first-order valence-electron chi connectivity index (χ1n) is 10.1. The average Bonchev–Trinajstić information content (AvgIpc) is 2.68. The summed E-state index contributed by atoms with van der Waals surface area (Å²) in [4.78, 5) is 4.95. The first-order chi connectivity index (χ1) is 13.9. The molecule has 0 spiro atoms. The van der Waals surface area contributed by atoms with Crippen LogP contribution in [0.1, 0.15) is 41.9 Å². The van der Waals surface area contributed by atoms with Crippen LogP contribution < -0.4 is 10.5 Å². The second kappa shape index (κ2) is 9.55. The summed E-state index contributed by atoms with van der Waals surface area (Å²) in [5.41, 5.74) is 14.1. The van der Waals surface area contributed by atoms with Crippen molar-refractivity contribution < 1.29 is 4.74 Å². The molecular weight excluding hydrogens is 424 g/mol. The number of benzene rings is 2. The first-order valence-corrected chi connectivity index (χ1v) is 10.9. The van der Waals surface area contributed by atoms with Crippen LogP contribution in [0.2, 0.25) is 0 Å². The molecule has 152 valence electrons. The fraction of sp³-hybridized carbons (Fsp3) is 0.320. The molecule has 0 radical (unpaired) electrons. The minimum absolute atomic E-state index is 0.444. The fourth-order valence-corrected chi connectivity index (χ4v) is 3.98. The number of aryl methyl sites for hydroxylation is 2. The molecule has 3 rings (SSSR count). The maximum Gasteiger partial charge on any atom is 0.133 e. The van der Waals surface area contributed by atoms with E-state index < -0.39 is 0 Å². The molecule has 3 aromatic rings. The summed E-state index contributed by atoms with van der Waals surface area (Å²) in [5, 5.41) is 0. The van der Waals surface area contributed by atoms with Gasteiger partial charge < -0.3 is 10.5 Å². The van der Waals surface area contributed by atoms with Crippen LogP contribution in [0.25, 0.3) is 11.1 Å². The number of rotatable bonds is 7. The molecule has 0 amide bonds. The Kier molecular flexibility index (Phi) is 7.09. The number of para-hydroxylation sites is 1. The molecule has 0 bridgehead atoms. The molecule has 0 aliphatic rings. The van der Waals surface area contributed by atoms with Crippen molar-refractivity contribution in [2.45, 2.75) is 47.3 Å². The summed E-state index contributed by atoms with van der Waals surface area (Å²) in [6.45, 7) is 9.51.